The number of nitrogens with two attached hydrogens (primary N) is 1. The van der Waals surface area contributed by atoms with E-state index in [1.807, 2.05) is 0 Å². The summed E-state index contributed by atoms with van der Waals surface area (Å²) in [6.07, 6.45) is 4.74. The van der Waals surface area contributed by atoms with E-state index >= 15 is 0 Å². The molecule has 0 aliphatic heterocycles. The monoisotopic (exact) mass is 155 g/mol. The Morgan fingerprint density at radius 3 is 2.64 bits per heavy atom. The van der Waals surface area contributed by atoms with Gasteiger partial charge in [-0.25, -0.2) is 0 Å². The summed E-state index contributed by atoms with van der Waals surface area (Å²) in [6.45, 7) is 0.944. The molecule has 0 aromatic heterocycles. The van der Waals surface area contributed by atoms with Crippen molar-refractivity contribution in [3.63, 3.8) is 0 Å². The van der Waals surface area contributed by atoms with E-state index in [1.54, 1.807) is 0 Å². The smallest absolute Gasteiger partial charge is 0.0918 e. The van der Waals surface area contributed by atoms with E-state index in [0.29, 0.717) is 12.3 Å². The minimum absolute atomic E-state index is 0.302. The molecule has 0 unspecified atom stereocenters. The van der Waals surface area contributed by atoms with Gasteiger partial charge in [-0.2, -0.15) is 0 Å². The molecule has 3 heteroatoms. The van der Waals surface area contributed by atoms with E-state index < -0.39 is 0 Å². The number of hydrogen-bond donors (Lipinski definition) is 2. The second kappa shape index (κ2) is 3.72. The van der Waals surface area contributed by atoms with Crippen molar-refractivity contribution in [1.82, 2.24) is 4.90 Å². The first-order chi connectivity index (χ1) is 5.20. The zero-order valence-corrected chi connectivity index (χ0v) is 7.14. The summed E-state index contributed by atoms with van der Waals surface area (Å²) >= 11 is 0. The lowest BCUT2D eigenvalue weighted by molar-refractivity contribution is 0.163. The van der Waals surface area contributed by atoms with Crippen LogP contribution < -0.4 is 5.73 Å². The van der Waals surface area contributed by atoms with Crippen LogP contribution >= 0.6 is 0 Å². The summed E-state index contributed by atoms with van der Waals surface area (Å²) in [7, 11) is 2.12. The van der Waals surface area contributed by atoms with Crippen LogP contribution in [0.25, 0.3) is 0 Å². The van der Waals surface area contributed by atoms with Crippen molar-refractivity contribution < 1.29 is 0 Å². The van der Waals surface area contributed by atoms with Gasteiger partial charge >= 0.3 is 0 Å². The second-order valence-corrected chi connectivity index (χ2v) is 3.34. The zero-order valence-electron chi connectivity index (χ0n) is 7.14. The Balaban J connectivity index is 2.09. The van der Waals surface area contributed by atoms with Gasteiger partial charge in [0.25, 0.3) is 0 Å². The molecule has 3 nitrogen and oxygen atoms in total. The zero-order chi connectivity index (χ0) is 8.27. The van der Waals surface area contributed by atoms with Crippen LogP contribution in [0.2, 0.25) is 0 Å². The summed E-state index contributed by atoms with van der Waals surface area (Å²) < 4.78 is 0. The Kier molecular flexibility index (Phi) is 2.88. The summed E-state index contributed by atoms with van der Waals surface area (Å²) in [5.41, 5.74) is 5.26. The molecule has 0 heterocycles. The van der Waals surface area contributed by atoms with Gasteiger partial charge in [-0.05, 0) is 19.9 Å². The molecule has 1 aliphatic carbocycles. The summed E-state index contributed by atoms with van der Waals surface area (Å²) in [6, 6.07) is 0.773. The van der Waals surface area contributed by atoms with Crippen molar-refractivity contribution >= 4 is 5.84 Å². The Morgan fingerprint density at radius 1 is 1.64 bits per heavy atom. The van der Waals surface area contributed by atoms with Crippen LogP contribution in [0.4, 0.5) is 0 Å². The average molecular weight is 155 g/mol. The van der Waals surface area contributed by atoms with Gasteiger partial charge in [-0.1, -0.05) is 6.42 Å². The van der Waals surface area contributed by atoms with Crippen molar-refractivity contribution in [2.75, 3.05) is 13.6 Å². The standard InChI is InChI=1S/C8H17N3/c1-11(6-5-8(9)10)7-3-2-4-7/h7H,2-6H2,1H3,(H3,9,10). The van der Waals surface area contributed by atoms with Crippen molar-refractivity contribution in [2.45, 2.75) is 31.7 Å². The van der Waals surface area contributed by atoms with Gasteiger partial charge in [-0.3, -0.25) is 5.41 Å². The Labute approximate surface area is 68.1 Å². The molecule has 1 saturated carbocycles. The highest BCUT2D eigenvalue weighted by molar-refractivity contribution is 5.76. The molecular weight excluding hydrogens is 138 g/mol. The van der Waals surface area contributed by atoms with Crippen molar-refractivity contribution in [2.24, 2.45) is 5.73 Å². The molecule has 11 heavy (non-hydrogen) atoms. The van der Waals surface area contributed by atoms with Gasteiger partial charge in [0.1, 0.15) is 0 Å². The first-order valence-corrected chi connectivity index (χ1v) is 4.23. The van der Waals surface area contributed by atoms with Crippen LogP contribution in [-0.4, -0.2) is 30.4 Å². The molecular formula is C8H17N3. The third kappa shape index (κ3) is 2.50. The van der Waals surface area contributed by atoms with Crippen LogP contribution in [0.15, 0.2) is 0 Å². The van der Waals surface area contributed by atoms with Crippen LogP contribution in [-0.2, 0) is 0 Å². The van der Waals surface area contributed by atoms with Crippen molar-refractivity contribution in [1.29, 1.82) is 5.41 Å². The molecule has 3 N–H and O–H groups in total. The molecule has 0 bridgehead atoms. The summed E-state index contributed by atoms with van der Waals surface area (Å²) in [4.78, 5) is 2.31. The minimum atomic E-state index is 0.302. The van der Waals surface area contributed by atoms with E-state index in [4.69, 9.17) is 11.1 Å². The van der Waals surface area contributed by atoms with Gasteiger partial charge < -0.3 is 10.6 Å². The number of amidine groups is 1. The van der Waals surface area contributed by atoms with E-state index in [0.717, 1.165) is 12.6 Å². The first kappa shape index (κ1) is 8.53. The predicted molar refractivity (Wildman–Crippen MR) is 46.8 cm³/mol. The maximum atomic E-state index is 7.05. The van der Waals surface area contributed by atoms with Gasteiger partial charge in [0.2, 0.25) is 0 Å². The molecule has 0 atom stereocenters. The van der Waals surface area contributed by atoms with Crippen LogP contribution in [0.3, 0.4) is 0 Å². The fraction of sp³-hybridized carbons (Fsp3) is 0.875. The molecule has 0 saturated heterocycles. The lowest BCUT2D eigenvalue weighted by Crippen LogP contribution is -2.38. The molecule has 0 amide bonds. The molecule has 64 valence electrons. The van der Waals surface area contributed by atoms with E-state index in [-0.39, 0.29) is 0 Å². The SMILES string of the molecule is CN(CCC(=N)N)C1CCC1. The number of hydrogen-bond acceptors (Lipinski definition) is 2. The van der Waals surface area contributed by atoms with Gasteiger partial charge in [0.15, 0.2) is 0 Å². The highest BCUT2D eigenvalue weighted by atomic mass is 15.1. The lowest BCUT2D eigenvalue weighted by atomic mass is 9.92. The summed E-state index contributed by atoms with van der Waals surface area (Å²) in [5, 5.41) is 7.05. The molecule has 0 aromatic rings. The average Bonchev–Trinajstić information content (AvgIpc) is 1.79. The predicted octanol–water partition coefficient (Wildman–Crippen LogP) is 0.797. The van der Waals surface area contributed by atoms with E-state index in [1.165, 1.54) is 19.3 Å². The number of nitrogens with one attached hydrogen (secondary N) is 1. The highest BCUT2D eigenvalue weighted by Gasteiger charge is 2.21. The first-order valence-electron chi connectivity index (χ1n) is 4.23. The number of rotatable bonds is 4. The molecule has 1 aliphatic rings. The lowest BCUT2D eigenvalue weighted by Gasteiger charge is -2.34. The largest absolute Gasteiger partial charge is 0.388 e. The fourth-order valence-electron chi connectivity index (χ4n) is 1.31. The Bertz CT molecular complexity index is 140. The van der Waals surface area contributed by atoms with E-state index in [9.17, 15) is 0 Å². The van der Waals surface area contributed by atoms with Crippen molar-refractivity contribution in [3.05, 3.63) is 0 Å². The maximum absolute atomic E-state index is 7.05. The molecule has 1 fully saturated rings. The van der Waals surface area contributed by atoms with Gasteiger partial charge in [0, 0.05) is 19.0 Å². The molecule has 0 spiro atoms. The van der Waals surface area contributed by atoms with Crippen LogP contribution in [0.5, 0.6) is 0 Å². The third-order valence-electron chi connectivity index (χ3n) is 2.43. The second-order valence-electron chi connectivity index (χ2n) is 3.34. The Morgan fingerprint density at radius 2 is 2.27 bits per heavy atom. The third-order valence-corrected chi connectivity index (χ3v) is 2.43. The molecule has 0 radical (unpaired) electrons. The maximum Gasteiger partial charge on any atom is 0.0918 e. The Hall–Kier alpha value is -0.570. The normalized spacial score (nSPS) is 18.4. The van der Waals surface area contributed by atoms with Gasteiger partial charge in [0.05, 0.1) is 5.84 Å². The fourth-order valence-corrected chi connectivity index (χ4v) is 1.31. The van der Waals surface area contributed by atoms with Gasteiger partial charge in [-0.15, -0.1) is 0 Å². The van der Waals surface area contributed by atoms with Crippen LogP contribution in [0.1, 0.15) is 25.7 Å². The number of nitrogens with zero attached hydrogens (tertiary/aromatic N) is 1. The highest BCUT2D eigenvalue weighted by Crippen LogP contribution is 2.23. The van der Waals surface area contributed by atoms with E-state index in [2.05, 4.69) is 11.9 Å². The minimum Gasteiger partial charge on any atom is -0.388 e. The summed E-state index contributed by atoms with van der Waals surface area (Å²) in [5.74, 6) is 0.302. The molecule has 1 rings (SSSR count). The molecule has 0 aromatic carbocycles. The van der Waals surface area contributed by atoms with Crippen molar-refractivity contribution in [3.8, 4) is 0 Å². The topological polar surface area (TPSA) is 53.1 Å². The quantitative estimate of drug-likeness (QED) is 0.466. The van der Waals surface area contributed by atoms with Crippen LogP contribution in [0, 0.1) is 5.41 Å².